The molecule has 2 rings (SSSR count). The number of hydrogen-bond donors (Lipinski definition) is 0. The average Bonchev–Trinajstić information content (AvgIpc) is 2.61. The Kier molecular flexibility index (Phi) is 2.18. The largest absolute Gasteiger partial charge is 0.0654 e. The van der Waals surface area contributed by atoms with E-state index < -0.39 is 0 Å². The van der Waals surface area contributed by atoms with Gasteiger partial charge in [0.1, 0.15) is 0 Å². The van der Waals surface area contributed by atoms with Crippen molar-refractivity contribution in [1.82, 2.24) is 0 Å². The van der Waals surface area contributed by atoms with Crippen LogP contribution in [0.5, 0.6) is 0 Å². The first-order valence-corrected chi connectivity index (χ1v) is 5.83. The maximum Gasteiger partial charge on any atom is -0.0238 e. The van der Waals surface area contributed by atoms with Crippen LogP contribution in [-0.4, -0.2) is 0 Å². The molecular weight excluding hydrogens is 144 g/mol. The van der Waals surface area contributed by atoms with Gasteiger partial charge in [-0.25, -0.2) is 0 Å². The molecule has 2 aliphatic carbocycles. The smallest absolute Gasteiger partial charge is 0.0238 e. The van der Waals surface area contributed by atoms with Gasteiger partial charge in [-0.3, -0.25) is 0 Å². The van der Waals surface area contributed by atoms with Crippen molar-refractivity contribution in [2.75, 3.05) is 0 Å². The fourth-order valence-electron chi connectivity index (χ4n) is 3.72. The SMILES string of the molecule is CCCC1CC12CCCC2CC. The van der Waals surface area contributed by atoms with Gasteiger partial charge in [-0.2, -0.15) is 0 Å². The Balaban J connectivity index is 1.95. The molecule has 0 aromatic rings. The Hall–Kier alpha value is 0. The van der Waals surface area contributed by atoms with Crippen molar-refractivity contribution < 1.29 is 0 Å². The second-order valence-corrected chi connectivity index (χ2v) is 4.92. The van der Waals surface area contributed by atoms with Crippen LogP contribution in [0.2, 0.25) is 0 Å². The van der Waals surface area contributed by atoms with Crippen molar-refractivity contribution >= 4 is 0 Å². The minimum Gasteiger partial charge on any atom is -0.0654 e. The van der Waals surface area contributed by atoms with E-state index in [9.17, 15) is 0 Å². The first kappa shape index (κ1) is 8.59. The van der Waals surface area contributed by atoms with Gasteiger partial charge >= 0.3 is 0 Å². The lowest BCUT2D eigenvalue weighted by Crippen LogP contribution is -2.10. The van der Waals surface area contributed by atoms with Crippen molar-refractivity contribution in [1.29, 1.82) is 0 Å². The molecule has 3 atom stereocenters. The summed E-state index contributed by atoms with van der Waals surface area (Å²) >= 11 is 0. The Morgan fingerprint density at radius 1 is 1.25 bits per heavy atom. The minimum atomic E-state index is 0.880. The molecular formula is C12H22. The zero-order valence-corrected chi connectivity index (χ0v) is 8.60. The van der Waals surface area contributed by atoms with Crippen LogP contribution >= 0.6 is 0 Å². The molecule has 0 aromatic heterocycles. The Labute approximate surface area is 76.7 Å². The van der Waals surface area contributed by atoms with E-state index in [0.717, 1.165) is 17.3 Å². The lowest BCUT2D eigenvalue weighted by molar-refractivity contribution is 0.315. The molecule has 0 aliphatic heterocycles. The van der Waals surface area contributed by atoms with Crippen LogP contribution in [0.4, 0.5) is 0 Å². The van der Waals surface area contributed by atoms with Gasteiger partial charge in [0, 0.05) is 0 Å². The molecule has 0 saturated heterocycles. The zero-order valence-electron chi connectivity index (χ0n) is 8.60. The van der Waals surface area contributed by atoms with E-state index in [1.807, 2.05) is 0 Å². The molecule has 12 heavy (non-hydrogen) atoms. The summed E-state index contributed by atoms with van der Waals surface area (Å²) in [5.41, 5.74) is 0.880. The van der Waals surface area contributed by atoms with Gasteiger partial charge in [0.2, 0.25) is 0 Å². The number of rotatable bonds is 3. The molecule has 0 amide bonds. The predicted molar refractivity (Wildman–Crippen MR) is 53.1 cm³/mol. The van der Waals surface area contributed by atoms with E-state index in [1.165, 1.54) is 32.1 Å². The number of hydrogen-bond acceptors (Lipinski definition) is 0. The van der Waals surface area contributed by atoms with Crippen LogP contribution in [0.25, 0.3) is 0 Å². The summed E-state index contributed by atoms with van der Waals surface area (Å²) in [4.78, 5) is 0. The molecule has 0 heterocycles. The maximum absolute atomic E-state index is 2.39. The average molecular weight is 166 g/mol. The van der Waals surface area contributed by atoms with E-state index in [-0.39, 0.29) is 0 Å². The van der Waals surface area contributed by atoms with Crippen LogP contribution in [0.1, 0.15) is 58.8 Å². The van der Waals surface area contributed by atoms with Crippen molar-refractivity contribution in [3.8, 4) is 0 Å². The second-order valence-electron chi connectivity index (χ2n) is 4.92. The highest BCUT2D eigenvalue weighted by Crippen LogP contribution is 2.67. The van der Waals surface area contributed by atoms with Gasteiger partial charge in [0.25, 0.3) is 0 Å². The maximum atomic E-state index is 2.39. The molecule has 0 aromatic carbocycles. The summed E-state index contributed by atoms with van der Waals surface area (Å²) in [6.07, 6.45) is 10.6. The lowest BCUT2D eigenvalue weighted by Gasteiger charge is -2.18. The lowest BCUT2D eigenvalue weighted by atomic mass is 9.87. The summed E-state index contributed by atoms with van der Waals surface area (Å²) in [5.74, 6) is 2.24. The fraction of sp³-hybridized carbons (Fsp3) is 1.00. The first-order valence-electron chi connectivity index (χ1n) is 5.83. The molecule has 70 valence electrons. The molecule has 2 aliphatic rings. The predicted octanol–water partition coefficient (Wildman–Crippen LogP) is 4.00. The standard InChI is InChI=1S/C12H22/c1-3-6-11-9-12(11)8-5-7-10(12)4-2/h10-11H,3-9H2,1-2H3. The van der Waals surface area contributed by atoms with Crippen LogP contribution in [0.3, 0.4) is 0 Å². The zero-order chi connectivity index (χ0) is 8.60. The van der Waals surface area contributed by atoms with E-state index >= 15 is 0 Å². The summed E-state index contributed by atoms with van der Waals surface area (Å²) in [6, 6.07) is 0. The molecule has 1 spiro atoms. The quantitative estimate of drug-likeness (QED) is 0.594. The van der Waals surface area contributed by atoms with Crippen molar-refractivity contribution in [3.05, 3.63) is 0 Å². The molecule has 0 nitrogen and oxygen atoms in total. The van der Waals surface area contributed by atoms with E-state index in [4.69, 9.17) is 0 Å². The van der Waals surface area contributed by atoms with Crippen LogP contribution in [0.15, 0.2) is 0 Å². The van der Waals surface area contributed by atoms with Gasteiger partial charge < -0.3 is 0 Å². The third-order valence-corrected chi connectivity index (χ3v) is 4.42. The highest BCUT2D eigenvalue weighted by Gasteiger charge is 2.58. The summed E-state index contributed by atoms with van der Waals surface area (Å²) < 4.78 is 0. The monoisotopic (exact) mass is 166 g/mol. The summed E-state index contributed by atoms with van der Waals surface area (Å²) in [5, 5.41) is 0. The van der Waals surface area contributed by atoms with Crippen molar-refractivity contribution in [3.63, 3.8) is 0 Å². The van der Waals surface area contributed by atoms with E-state index in [2.05, 4.69) is 13.8 Å². The third kappa shape index (κ3) is 1.11. The molecule has 0 N–H and O–H groups in total. The molecule has 3 unspecified atom stereocenters. The van der Waals surface area contributed by atoms with Gasteiger partial charge in [-0.1, -0.05) is 39.5 Å². The highest BCUT2D eigenvalue weighted by atomic mass is 14.6. The highest BCUT2D eigenvalue weighted by molar-refractivity contribution is 5.08. The van der Waals surface area contributed by atoms with Crippen LogP contribution in [-0.2, 0) is 0 Å². The van der Waals surface area contributed by atoms with Crippen LogP contribution in [0, 0.1) is 17.3 Å². The van der Waals surface area contributed by atoms with E-state index in [0.29, 0.717) is 0 Å². The Bertz CT molecular complexity index is 161. The Morgan fingerprint density at radius 3 is 2.75 bits per heavy atom. The Morgan fingerprint density at radius 2 is 2.08 bits per heavy atom. The summed E-state index contributed by atoms with van der Waals surface area (Å²) in [6.45, 7) is 4.72. The second kappa shape index (κ2) is 3.05. The molecule has 2 fully saturated rings. The summed E-state index contributed by atoms with van der Waals surface area (Å²) in [7, 11) is 0. The van der Waals surface area contributed by atoms with Crippen molar-refractivity contribution in [2.45, 2.75) is 58.8 Å². The minimum absolute atomic E-state index is 0.880. The molecule has 2 saturated carbocycles. The van der Waals surface area contributed by atoms with Gasteiger partial charge in [0.05, 0.1) is 0 Å². The van der Waals surface area contributed by atoms with Gasteiger partial charge in [-0.05, 0) is 36.5 Å². The molecule has 0 radical (unpaired) electrons. The third-order valence-electron chi connectivity index (χ3n) is 4.42. The molecule has 0 bridgehead atoms. The van der Waals surface area contributed by atoms with Gasteiger partial charge in [-0.15, -0.1) is 0 Å². The topological polar surface area (TPSA) is 0 Å². The molecule has 0 heteroatoms. The van der Waals surface area contributed by atoms with Crippen molar-refractivity contribution in [2.24, 2.45) is 17.3 Å². The first-order chi connectivity index (χ1) is 5.83. The fourth-order valence-corrected chi connectivity index (χ4v) is 3.72. The van der Waals surface area contributed by atoms with Crippen LogP contribution < -0.4 is 0 Å². The normalized spacial score (nSPS) is 45.5. The van der Waals surface area contributed by atoms with Gasteiger partial charge in [0.15, 0.2) is 0 Å². The van der Waals surface area contributed by atoms with E-state index in [1.54, 1.807) is 12.8 Å².